The summed E-state index contributed by atoms with van der Waals surface area (Å²) in [5, 5.41) is 29.4. The number of aliphatic hydroxyl groups is 1. The second-order valence-electron chi connectivity index (χ2n) is 9.15. The molecular weight excluding hydrogens is 475 g/mol. The Morgan fingerprint density at radius 3 is 2.67 bits per heavy atom. The highest BCUT2D eigenvalue weighted by Crippen LogP contribution is 2.53. The van der Waals surface area contributed by atoms with Gasteiger partial charge in [0.05, 0.1) is 28.2 Å². The van der Waals surface area contributed by atoms with Gasteiger partial charge in [-0.05, 0) is 43.0 Å². The fourth-order valence-electron chi connectivity index (χ4n) is 4.97. The van der Waals surface area contributed by atoms with Crippen molar-refractivity contribution in [2.24, 2.45) is 17.6 Å². The topological polar surface area (TPSA) is 137 Å². The van der Waals surface area contributed by atoms with E-state index in [1.54, 1.807) is 20.8 Å². The fourth-order valence-corrected chi connectivity index (χ4v) is 4.97. The number of hydrogen-bond donors (Lipinski definition) is 4. The molecule has 36 heavy (non-hydrogen) atoms. The highest BCUT2D eigenvalue weighted by molar-refractivity contribution is 5.77. The maximum Gasteiger partial charge on any atom is 0.416 e. The second-order valence-corrected chi connectivity index (χ2v) is 9.15. The Morgan fingerprint density at radius 1 is 1.33 bits per heavy atom. The van der Waals surface area contributed by atoms with E-state index in [1.807, 2.05) is 0 Å². The van der Waals surface area contributed by atoms with E-state index in [0.717, 1.165) is 12.1 Å². The van der Waals surface area contributed by atoms with Gasteiger partial charge < -0.3 is 20.9 Å². The summed E-state index contributed by atoms with van der Waals surface area (Å²) >= 11 is 0. The third-order valence-corrected chi connectivity index (χ3v) is 6.63. The lowest BCUT2D eigenvalue weighted by Gasteiger charge is -2.41. The molecule has 1 amide bonds. The number of aliphatic hydroxyl groups excluding tert-OH is 1. The molecule has 3 heterocycles. The highest BCUT2D eigenvalue weighted by atomic mass is 19.4. The van der Waals surface area contributed by atoms with Gasteiger partial charge in [0.15, 0.2) is 0 Å². The molecule has 5 N–H and O–H groups in total. The smallest absolute Gasteiger partial charge is 0.416 e. The first-order valence-electron chi connectivity index (χ1n) is 11.2. The summed E-state index contributed by atoms with van der Waals surface area (Å²) in [7, 11) is 0. The predicted octanol–water partition coefficient (Wildman–Crippen LogP) is 2.96. The van der Waals surface area contributed by atoms with Crippen molar-refractivity contribution in [2.45, 2.75) is 51.4 Å². The molecular formula is C25H24F3N5O3. The second kappa shape index (κ2) is 8.92. The molecule has 3 atom stereocenters. The van der Waals surface area contributed by atoms with Gasteiger partial charge in [0.25, 0.3) is 0 Å². The van der Waals surface area contributed by atoms with Gasteiger partial charge in [-0.15, -0.1) is 0 Å². The monoisotopic (exact) mass is 499 g/mol. The number of amides is 1. The molecule has 3 unspecified atom stereocenters. The van der Waals surface area contributed by atoms with Crippen LogP contribution in [0.2, 0.25) is 0 Å². The molecule has 11 heteroatoms. The summed E-state index contributed by atoms with van der Waals surface area (Å²) in [4.78, 5) is 11.5. The Kier molecular flexibility index (Phi) is 6.23. The van der Waals surface area contributed by atoms with Crippen molar-refractivity contribution in [1.82, 2.24) is 15.5 Å². The van der Waals surface area contributed by atoms with Gasteiger partial charge in [-0.25, -0.2) is 5.10 Å². The number of aryl methyl sites for hydroxylation is 1. The lowest BCUT2D eigenvalue weighted by molar-refractivity contribution is -0.137. The van der Waals surface area contributed by atoms with E-state index in [4.69, 9.17) is 10.5 Å². The van der Waals surface area contributed by atoms with Crippen LogP contribution in [-0.4, -0.2) is 27.4 Å². The van der Waals surface area contributed by atoms with E-state index in [-0.39, 0.29) is 47.2 Å². The zero-order chi connectivity index (χ0) is 26.4. The number of carbonyl (C=O) groups is 1. The average Bonchev–Trinajstić information content (AvgIpc) is 3.16. The number of fused-ring (bicyclic) bond motifs is 1. The van der Waals surface area contributed by atoms with Crippen LogP contribution in [0.5, 0.6) is 5.88 Å². The molecule has 188 valence electrons. The zero-order valence-electron chi connectivity index (χ0n) is 19.7. The number of halogens is 3. The molecule has 4 rings (SSSR count). The molecule has 0 radical (unpaired) electrons. The maximum absolute atomic E-state index is 14.0. The first-order valence-corrected chi connectivity index (χ1v) is 11.2. The number of allylic oxidation sites excluding steroid dienone is 1. The maximum atomic E-state index is 14.0. The first-order chi connectivity index (χ1) is 16.9. The number of nitrogens with zero attached hydrogens (tertiary/aromatic N) is 2. The van der Waals surface area contributed by atoms with Crippen LogP contribution in [0.25, 0.3) is 0 Å². The molecule has 2 aliphatic rings. The minimum absolute atomic E-state index is 0.0295. The number of aromatic amines is 1. The summed E-state index contributed by atoms with van der Waals surface area (Å²) in [5.41, 5.74) is 4.76. The summed E-state index contributed by atoms with van der Waals surface area (Å²) in [5.74, 6) is 4.05. The Bertz CT molecular complexity index is 1360. The van der Waals surface area contributed by atoms with Crippen LogP contribution in [0.1, 0.15) is 54.6 Å². The van der Waals surface area contributed by atoms with Crippen LogP contribution in [0.15, 0.2) is 29.7 Å². The van der Waals surface area contributed by atoms with E-state index >= 15 is 0 Å². The normalized spacial score (nSPS) is 23.8. The third kappa shape index (κ3) is 4.06. The minimum Gasteiger partial charge on any atom is -0.422 e. The molecule has 2 aromatic rings. The van der Waals surface area contributed by atoms with Crippen molar-refractivity contribution in [3.8, 4) is 23.8 Å². The average molecular weight is 499 g/mol. The van der Waals surface area contributed by atoms with Crippen LogP contribution in [0.4, 0.5) is 13.2 Å². The van der Waals surface area contributed by atoms with Gasteiger partial charge in [0, 0.05) is 12.0 Å². The van der Waals surface area contributed by atoms with Gasteiger partial charge in [-0.1, -0.05) is 25.7 Å². The number of alkyl halides is 3. The van der Waals surface area contributed by atoms with Crippen LogP contribution < -0.4 is 15.8 Å². The number of aromatic nitrogens is 2. The standard InChI is InChI=1S/C25H24F3N5O3/c1-12(2)24(18(11-29)21(30)36-23-20(24)13(3)32-33-23)16-8-14(9-17(10-16)25(26,27)28)4-5-15-6-7-19(34)31-22(15)35/h8-10,12,15,22,35H,6-7,30H2,1-3H3,(H,31,34)(H,32,33). The van der Waals surface area contributed by atoms with Crippen molar-refractivity contribution in [1.29, 1.82) is 5.26 Å². The van der Waals surface area contributed by atoms with Crippen molar-refractivity contribution >= 4 is 5.91 Å². The van der Waals surface area contributed by atoms with E-state index in [1.165, 1.54) is 6.07 Å². The number of nitrogens with one attached hydrogen (secondary N) is 2. The summed E-state index contributed by atoms with van der Waals surface area (Å²) in [6.45, 7) is 5.22. The van der Waals surface area contributed by atoms with Gasteiger partial charge in [-0.3, -0.25) is 4.79 Å². The molecule has 2 aliphatic heterocycles. The van der Waals surface area contributed by atoms with Crippen LogP contribution in [0.3, 0.4) is 0 Å². The van der Waals surface area contributed by atoms with Crippen molar-refractivity contribution in [3.63, 3.8) is 0 Å². The number of hydrogen-bond acceptors (Lipinski definition) is 6. The summed E-state index contributed by atoms with van der Waals surface area (Å²) in [6.07, 6.45) is -5.50. The van der Waals surface area contributed by atoms with E-state index in [9.17, 15) is 28.3 Å². The number of benzene rings is 1. The number of rotatable bonds is 2. The van der Waals surface area contributed by atoms with Crippen LogP contribution >= 0.6 is 0 Å². The first kappa shape index (κ1) is 25.1. The third-order valence-electron chi connectivity index (χ3n) is 6.63. The molecule has 8 nitrogen and oxygen atoms in total. The van der Waals surface area contributed by atoms with E-state index in [2.05, 4.69) is 33.4 Å². The number of H-pyrrole nitrogens is 1. The van der Waals surface area contributed by atoms with Gasteiger partial charge >= 0.3 is 6.18 Å². The van der Waals surface area contributed by atoms with Gasteiger partial charge in [0.2, 0.25) is 17.7 Å². The molecule has 0 aliphatic carbocycles. The van der Waals surface area contributed by atoms with Gasteiger partial charge in [-0.2, -0.15) is 23.5 Å². The van der Waals surface area contributed by atoms with E-state index < -0.39 is 35.2 Å². The molecule has 0 bridgehead atoms. The molecule has 1 aromatic heterocycles. The molecule has 0 spiro atoms. The Morgan fingerprint density at radius 2 is 2.06 bits per heavy atom. The molecule has 1 fully saturated rings. The number of carbonyl (C=O) groups excluding carboxylic acids is 1. The Labute approximate surface area is 205 Å². The summed E-state index contributed by atoms with van der Waals surface area (Å²) < 4.78 is 47.7. The SMILES string of the molecule is Cc1n[nH]c2c1C(c1cc(C#CC3CCC(=O)NC3O)cc(C(F)(F)F)c1)(C(C)C)C(C#N)=C(N)O2. The number of piperidine rings is 1. The Balaban J connectivity index is 1.97. The number of nitriles is 1. The lowest BCUT2D eigenvalue weighted by atomic mass is 9.61. The molecule has 1 saturated heterocycles. The van der Waals surface area contributed by atoms with Crippen molar-refractivity contribution < 1.29 is 27.8 Å². The largest absolute Gasteiger partial charge is 0.422 e. The van der Waals surface area contributed by atoms with Crippen LogP contribution in [-0.2, 0) is 16.4 Å². The van der Waals surface area contributed by atoms with E-state index in [0.29, 0.717) is 11.3 Å². The Hall–Kier alpha value is -3.96. The highest BCUT2D eigenvalue weighted by Gasteiger charge is 2.51. The lowest BCUT2D eigenvalue weighted by Crippen LogP contribution is -2.44. The van der Waals surface area contributed by atoms with Crippen molar-refractivity contribution in [3.05, 3.63) is 57.6 Å². The minimum atomic E-state index is -4.70. The predicted molar refractivity (Wildman–Crippen MR) is 122 cm³/mol. The number of nitrogens with two attached hydrogens (primary N) is 1. The van der Waals surface area contributed by atoms with Gasteiger partial charge in [0.1, 0.15) is 17.9 Å². The quantitative estimate of drug-likeness (QED) is 0.469. The molecule has 0 saturated carbocycles. The summed E-state index contributed by atoms with van der Waals surface area (Å²) in [6, 6.07) is 5.45. The van der Waals surface area contributed by atoms with Crippen molar-refractivity contribution in [2.75, 3.05) is 0 Å². The fraction of sp³-hybridized carbons (Fsp3) is 0.400. The van der Waals surface area contributed by atoms with Crippen LogP contribution in [0, 0.1) is 41.9 Å². The zero-order valence-corrected chi connectivity index (χ0v) is 19.7. The molecule has 1 aromatic carbocycles. The number of ether oxygens (including phenoxy) is 1.